The number of hydrogen-bond donors (Lipinski definition) is 1. The molecule has 0 aromatic rings. The van der Waals surface area contributed by atoms with Gasteiger partial charge < -0.3 is 5.11 Å². The standard InChI is InChI=1S/C10H15ClO.C10H16O2.Cl2OS/c2*1-6(2)5-7-8(9(11)12)10(7,3)4;1-4(2)3/h5,7-8H,1-4H3;5,7-8H,1-4H3,(H,11,12);/t2*7-,8+;/m11./s1. The molecule has 0 amide bonds. The first-order chi connectivity index (χ1) is 12.5. The van der Waals surface area contributed by atoms with Crippen LogP contribution in [0.4, 0.5) is 0 Å². The fourth-order valence-corrected chi connectivity index (χ4v) is 4.02. The molecule has 2 fully saturated rings. The molecule has 0 aliphatic heterocycles. The molecule has 0 radical (unpaired) electrons. The van der Waals surface area contributed by atoms with E-state index in [9.17, 15) is 9.59 Å². The van der Waals surface area contributed by atoms with Crippen molar-refractivity contribution in [3.05, 3.63) is 23.3 Å². The van der Waals surface area contributed by atoms with E-state index in [-0.39, 0.29) is 33.8 Å². The Morgan fingerprint density at radius 3 is 1.32 bits per heavy atom. The fraction of sp³-hybridized carbons (Fsp3) is 0.700. The van der Waals surface area contributed by atoms with Crippen molar-refractivity contribution in [2.45, 2.75) is 55.4 Å². The number of carboxylic acid groups (broad SMARTS) is 1. The Balaban J connectivity index is 0.000000439. The molecule has 0 aromatic heterocycles. The number of carboxylic acids is 1. The highest BCUT2D eigenvalue weighted by atomic mass is 36.0. The van der Waals surface area contributed by atoms with Gasteiger partial charge >= 0.3 is 5.97 Å². The Bertz CT molecular complexity index is 619. The summed E-state index contributed by atoms with van der Waals surface area (Å²) in [6.45, 7) is 16.3. The molecule has 0 heterocycles. The summed E-state index contributed by atoms with van der Waals surface area (Å²) < 4.78 is 9.09. The highest BCUT2D eigenvalue weighted by Crippen LogP contribution is 2.60. The normalized spacial score (nSPS) is 27.9. The van der Waals surface area contributed by atoms with Crippen molar-refractivity contribution in [2.75, 3.05) is 0 Å². The molecule has 0 aromatic carbocycles. The smallest absolute Gasteiger partial charge is 0.307 e. The van der Waals surface area contributed by atoms with E-state index in [2.05, 4.69) is 47.4 Å². The van der Waals surface area contributed by atoms with Crippen LogP contribution in [0, 0.1) is 34.5 Å². The molecule has 2 saturated carbocycles. The van der Waals surface area contributed by atoms with Crippen LogP contribution in [-0.4, -0.2) is 20.5 Å². The summed E-state index contributed by atoms with van der Waals surface area (Å²) in [6, 6.07) is 0. The second-order valence-corrected chi connectivity index (χ2v) is 11.9. The van der Waals surface area contributed by atoms with Gasteiger partial charge in [-0.25, -0.2) is 4.21 Å². The minimum absolute atomic E-state index is 0.0362. The number of carbonyl (C=O) groups is 2. The third-order valence-corrected chi connectivity index (χ3v) is 5.59. The molecule has 162 valence electrons. The minimum Gasteiger partial charge on any atom is -0.481 e. The lowest BCUT2D eigenvalue weighted by atomic mass is 10.1. The summed E-state index contributed by atoms with van der Waals surface area (Å²) in [7, 11) is 7.36. The second-order valence-electron chi connectivity index (χ2n) is 8.96. The predicted molar refractivity (Wildman–Crippen MR) is 119 cm³/mol. The molecule has 1 N–H and O–H groups in total. The van der Waals surface area contributed by atoms with Crippen molar-refractivity contribution < 1.29 is 18.9 Å². The quantitative estimate of drug-likeness (QED) is 0.382. The van der Waals surface area contributed by atoms with Crippen LogP contribution in [0.15, 0.2) is 23.3 Å². The molecular weight excluding hydrogens is 443 g/mol. The summed E-state index contributed by atoms with van der Waals surface area (Å²) in [5.74, 6) is -0.212. The van der Waals surface area contributed by atoms with Crippen LogP contribution < -0.4 is 0 Å². The van der Waals surface area contributed by atoms with Crippen molar-refractivity contribution in [3.63, 3.8) is 0 Å². The van der Waals surface area contributed by atoms with E-state index in [0.29, 0.717) is 5.92 Å². The van der Waals surface area contributed by atoms with Crippen molar-refractivity contribution >= 4 is 53.4 Å². The van der Waals surface area contributed by atoms with E-state index >= 15 is 0 Å². The van der Waals surface area contributed by atoms with Gasteiger partial charge in [0, 0.05) is 27.3 Å². The Labute approximate surface area is 185 Å². The number of hydrogen-bond acceptors (Lipinski definition) is 3. The summed E-state index contributed by atoms with van der Waals surface area (Å²) in [5.41, 5.74) is 2.50. The summed E-state index contributed by atoms with van der Waals surface area (Å²) >= 11 is 5.47. The van der Waals surface area contributed by atoms with Crippen LogP contribution in [0.3, 0.4) is 0 Å². The third kappa shape index (κ3) is 8.17. The predicted octanol–water partition coefficient (Wildman–Crippen LogP) is 6.34. The second kappa shape index (κ2) is 10.6. The average molecular weight is 474 g/mol. The third-order valence-electron chi connectivity index (χ3n) is 5.36. The minimum atomic E-state index is -1.67. The average Bonchev–Trinajstić information content (AvgIpc) is 3.17. The molecule has 4 nitrogen and oxygen atoms in total. The summed E-state index contributed by atoms with van der Waals surface area (Å²) in [4.78, 5) is 21.7. The Kier molecular flexibility index (Phi) is 10.5. The maximum Gasteiger partial charge on any atom is 0.307 e. The van der Waals surface area contributed by atoms with Crippen LogP contribution >= 0.6 is 33.0 Å². The monoisotopic (exact) mass is 472 g/mol. The van der Waals surface area contributed by atoms with Crippen molar-refractivity contribution in [3.8, 4) is 0 Å². The zero-order valence-corrected chi connectivity index (χ0v) is 20.8. The van der Waals surface area contributed by atoms with Crippen LogP contribution in [0.2, 0.25) is 0 Å². The Hall–Kier alpha value is -0.360. The molecule has 0 saturated heterocycles. The Morgan fingerprint density at radius 2 is 1.14 bits per heavy atom. The highest BCUT2D eigenvalue weighted by Gasteiger charge is 2.61. The van der Waals surface area contributed by atoms with Crippen molar-refractivity contribution in [1.82, 2.24) is 0 Å². The largest absolute Gasteiger partial charge is 0.481 e. The lowest BCUT2D eigenvalue weighted by Crippen LogP contribution is -2.02. The van der Waals surface area contributed by atoms with Gasteiger partial charge in [-0.2, -0.15) is 0 Å². The maximum absolute atomic E-state index is 10.9. The molecule has 8 heteroatoms. The molecule has 2 rings (SSSR count). The molecule has 0 unspecified atom stereocenters. The molecule has 0 bridgehead atoms. The van der Waals surface area contributed by atoms with Crippen molar-refractivity contribution in [2.24, 2.45) is 34.5 Å². The van der Waals surface area contributed by atoms with Gasteiger partial charge in [-0.05, 0) is 62.0 Å². The van der Waals surface area contributed by atoms with E-state index in [0.717, 1.165) is 0 Å². The lowest BCUT2D eigenvalue weighted by molar-refractivity contribution is -0.139. The number of rotatable bonds is 4. The summed E-state index contributed by atoms with van der Waals surface area (Å²) in [5, 5.41) is 8.65. The van der Waals surface area contributed by atoms with E-state index in [1.807, 2.05) is 41.5 Å². The first-order valence-corrected chi connectivity index (χ1v) is 12.1. The van der Waals surface area contributed by atoms with E-state index in [4.69, 9.17) is 20.9 Å². The first kappa shape index (κ1) is 27.6. The van der Waals surface area contributed by atoms with Crippen LogP contribution in [0.1, 0.15) is 55.4 Å². The lowest BCUT2D eigenvalue weighted by Gasteiger charge is -1.96. The number of aliphatic carboxylic acids is 1. The van der Waals surface area contributed by atoms with Gasteiger partial charge in [-0.3, -0.25) is 9.59 Å². The molecule has 0 spiro atoms. The van der Waals surface area contributed by atoms with Crippen molar-refractivity contribution in [1.29, 1.82) is 0 Å². The van der Waals surface area contributed by atoms with Gasteiger partial charge in [0.25, 0.3) is 0 Å². The first-order valence-electron chi connectivity index (χ1n) is 8.94. The molecule has 2 aliphatic carbocycles. The SMILES string of the molecule is CC(C)=C[C@@H]1[C@@H](C(=O)Cl)C1(C)C.CC(C)=C[C@@H]1[C@@H](C(=O)O)C1(C)C.O=S(Cl)Cl. The van der Waals surface area contributed by atoms with Gasteiger partial charge in [0.05, 0.1) is 5.92 Å². The Morgan fingerprint density at radius 1 is 0.857 bits per heavy atom. The van der Waals surface area contributed by atoms with E-state index in [1.54, 1.807) is 0 Å². The van der Waals surface area contributed by atoms with Gasteiger partial charge in [0.15, 0.2) is 0 Å². The number of carbonyl (C=O) groups excluding carboxylic acids is 1. The molecule has 4 atom stereocenters. The molecular formula is C20H31Cl3O4S. The molecule has 2 aliphatic rings. The van der Waals surface area contributed by atoms with Crippen LogP contribution in [0.25, 0.3) is 0 Å². The highest BCUT2D eigenvalue weighted by molar-refractivity contribution is 8.26. The summed E-state index contributed by atoms with van der Waals surface area (Å²) in [6.07, 6.45) is 4.21. The zero-order chi connectivity index (χ0) is 22.6. The van der Waals surface area contributed by atoms with Gasteiger partial charge in [-0.15, -0.1) is 0 Å². The maximum atomic E-state index is 10.9. The van der Waals surface area contributed by atoms with Crippen LogP contribution in [-0.2, 0) is 18.8 Å². The fourth-order valence-electron chi connectivity index (χ4n) is 3.60. The topological polar surface area (TPSA) is 71.4 Å². The van der Waals surface area contributed by atoms with Gasteiger partial charge in [0.2, 0.25) is 14.5 Å². The molecule has 28 heavy (non-hydrogen) atoms. The number of halogens is 3. The number of allylic oxidation sites excluding steroid dienone is 4. The van der Waals surface area contributed by atoms with Gasteiger partial charge in [-0.1, -0.05) is 51.0 Å². The van der Waals surface area contributed by atoms with E-state index in [1.165, 1.54) is 11.1 Å². The van der Waals surface area contributed by atoms with E-state index < -0.39 is 15.2 Å². The van der Waals surface area contributed by atoms with Crippen LogP contribution in [0.5, 0.6) is 0 Å². The van der Waals surface area contributed by atoms with Gasteiger partial charge in [0.1, 0.15) is 0 Å². The zero-order valence-electron chi connectivity index (χ0n) is 17.7.